The van der Waals surface area contributed by atoms with Crippen molar-refractivity contribution in [3.63, 3.8) is 0 Å². The molecule has 2 aromatic rings. The summed E-state index contributed by atoms with van der Waals surface area (Å²) in [4.78, 5) is 12.8. The number of hydrogen-bond donors (Lipinski definition) is 1. The second kappa shape index (κ2) is 8.54. The van der Waals surface area contributed by atoms with Crippen molar-refractivity contribution in [1.82, 2.24) is 9.62 Å². The van der Waals surface area contributed by atoms with Crippen molar-refractivity contribution < 1.29 is 13.2 Å². The molecule has 0 aromatic heterocycles. The van der Waals surface area contributed by atoms with Gasteiger partial charge < -0.3 is 5.32 Å². The minimum atomic E-state index is -3.71. The number of nitrogens with zero attached hydrogens (tertiary/aromatic N) is 1. The highest BCUT2D eigenvalue weighted by Crippen LogP contribution is 2.29. The SMILES string of the molecule is CCN(CC(=O)N[C@@H]1CCCc2ccccc21)S(=O)(=O)c1ccc(Br)cc1. The van der Waals surface area contributed by atoms with Gasteiger partial charge >= 0.3 is 0 Å². The van der Waals surface area contributed by atoms with Crippen molar-refractivity contribution in [2.45, 2.75) is 37.1 Å². The summed E-state index contributed by atoms with van der Waals surface area (Å²) in [7, 11) is -3.71. The molecule has 144 valence electrons. The van der Waals surface area contributed by atoms with Crippen LogP contribution in [0, 0.1) is 0 Å². The second-order valence-corrected chi connectivity index (χ2v) is 9.45. The van der Waals surface area contributed by atoms with Crippen LogP contribution in [0.25, 0.3) is 0 Å². The van der Waals surface area contributed by atoms with E-state index in [0.717, 1.165) is 29.3 Å². The van der Waals surface area contributed by atoms with Gasteiger partial charge in [-0.15, -0.1) is 0 Å². The van der Waals surface area contributed by atoms with Crippen LogP contribution < -0.4 is 5.32 Å². The van der Waals surface area contributed by atoms with Gasteiger partial charge in [-0.3, -0.25) is 4.79 Å². The van der Waals surface area contributed by atoms with E-state index in [4.69, 9.17) is 0 Å². The van der Waals surface area contributed by atoms with E-state index in [2.05, 4.69) is 27.3 Å². The monoisotopic (exact) mass is 450 g/mol. The molecule has 1 aliphatic carbocycles. The van der Waals surface area contributed by atoms with Gasteiger partial charge in [0.2, 0.25) is 15.9 Å². The lowest BCUT2D eigenvalue weighted by atomic mass is 9.88. The van der Waals surface area contributed by atoms with Crippen LogP contribution >= 0.6 is 15.9 Å². The highest BCUT2D eigenvalue weighted by Gasteiger charge is 2.27. The zero-order valence-electron chi connectivity index (χ0n) is 15.2. The average Bonchev–Trinajstić information content (AvgIpc) is 2.66. The Bertz CT molecular complexity index is 913. The second-order valence-electron chi connectivity index (χ2n) is 6.60. The Morgan fingerprint density at radius 2 is 1.89 bits per heavy atom. The van der Waals surface area contributed by atoms with Crippen LogP contribution in [0.2, 0.25) is 0 Å². The van der Waals surface area contributed by atoms with Crippen molar-refractivity contribution in [2.24, 2.45) is 0 Å². The van der Waals surface area contributed by atoms with Crippen LogP contribution in [0.3, 0.4) is 0 Å². The normalized spacial score (nSPS) is 16.8. The highest BCUT2D eigenvalue weighted by molar-refractivity contribution is 9.10. The van der Waals surface area contributed by atoms with Gasteiger partial charge in [-0.25, -0.2) is 8.42 Å². The molecule has 3 rings (SSSR count). The molecule has 0 aliphatic heterocycles. The van der Waals surface area contributed by atoms with Crippen LogP contribution in [-0.4, -0.2) is 31.7 Å². The third-order valence-electron chi connectivity index (χ3n) is 4.83. The average molecular weight is 451 g/mol. The Balaban J connectivity index is 1.72. The fraction of sp³-hybridized carbons (Fsp3) is 0.350. The number of likely N-dealkylation sites (N-methyl/N-ethyl adjacent to an activating group) is 1. The molecule has 0 heterocycles. The molecular weight excluding hydrogens is 428 g/mol. The molecule has 0 saturated heterocycles. The van der Waals surface area contributed by atoms with Gasteiger partial charge in [-0.2, -0.15) is 4.31 Å². The molecule has 1 aliphatic rings. The number of benzene rings is 2. The largest absolute Gasteiger partial charge is 0.348 e. The lowest BCUT2D eigenvalue weighted by Crippen LogP contribution is -2.42. The summed E-state index contributed by atoms with van der Waals surface area (Å²) < 4.78 is 27.7. The third kappa shape index (κ3) is 4.59. The lowest BCUT2D eigenvalue weighted by Gasteiger charge is -2.27. The number of fused-ring (bicyclic) bond motifs is 1. The number of nitrogens with one attached hydrogen (secondary N) is 1. The molecule has 7 heteroatoms. The van der Waals surface area contributed by atoms with Crippen LogP contribution in [0.4, 0.5) is 0 Å². The van der Waals surface area contributed by atoms with Gasteiger partial charge in [0, 0.05) is 11.0 Å². The zero-order valence-corrected chi connectivity index (χ0v) is 17.6. The summed E-state index contributed by atoms with van der Waals surface area (Å²) in [6, 6.07) is 14.5. The summed E-state index contributed by atoms with van der Waals surface area (Å²) in [5.41, 5.74) is 2.39. The van der Waals surface area contributed by atoms with E-state index in [1.165, 1.54) is 22.0 Å². The summed E-state index contributed by atoms with van der Waals surface area (Å²) >= 11 is 3.30. The number of rotatable bonds is 6. The van der Waals surface area contributed by atoms with E-state index in [9.17, 15) is 13.2 Å². The van der Waals surface area contributed by atoms with E-state index in [0.29, 0.717) is 0 Å². The van der Waals surface area contributed by atoms with Gasteiger partial charge in [0.25, 0.3) is 0 Å². The summed E-state index contributed by atoms with van der Waals surface area (Å²) in [6.07, 6.45) is 2.90. The Morgan fingerprint density at radius 1 is 1.19 bits per heavy atom. The minimum absolute atomic E-state index is 0.0588. The Morgan fingerprint density at radius 3 is 2.59 bits per heavy atom. The number of hydrogen-bond acceptors (Lipinski definition) is 3. The first-order valence-electron chi connectivity index (χ1n) is 9.04. The predicted octanol–water partition coefficient (Wildman–Crippen LogP) is 3.65. The smallest absolute Gasteiger partial charge is 0.243 e. The van der Waals surface area contributed by atoms with Crippen molar-refractivity contribution >= 4 is 31.9 Å². The maximum Gasteiger partial charge on any atom is 0.243 e. The van der Waals surface area contributed by atoms with E-state index in [1.54, 1.807) is 19.1 Å². The summed E-state index contributed by atoms with van der Waals surface area (Å²) in [6.45, 7) is 1.78. The molecule has 1 atom stereocenters. The highest BCUT2D eigenvalue weighted by atomic mass is 79.9. The number of amides is 1. The van der Waals surface area contributed by atoms with Crippen LogP contribution in [0.15, 0.2) is 57.9 Å². The molecule has 0 fully saturated rings. The molecule has 0 saturated carbocycles. The van der Waals surface area contributed by atoms with E-state index in [-0.39, 0.29) is 29.9 Å². The standard InChI is InChI=1S/C20H23BrN2O3S/c1-2-23(27(25,26)17-12-10-16(21)11-13-17)14-20(24)22-19-9-5-7-15-6-3-4-8-18(15)19/h3-4,6,8,10-13,19H,2,5,7,9,14H2,1H3,(H,22,24)/t19-/m1/s1. The first kappa shape index (κ1) is 20.0. The van der Waals surface area contributed by atoms with Gasteiger partial charge in [0.15, 0.2) is 0 Å². The van der Waals surface area contributed by atoms with Crippen LogP contribution in [0.1, 0.15) is 36.9 Å². The van der Waals surface area contributed by atoms with Crippen LogP contribution in [-0.2, 0) is 21.2 Å². The Labute approximate surface area is 169 Å². The lowest BCUT2D eigenvalue weighted by molar-refractivity contribution is -0.122. The topological polar surface area (TPSA) is 66.5 Å². The third-order valence-corrected chi connectivity index (χ3v) is 7.29. The van der Waals surface area contributed by atoms with Crippen molar-refractivity contribution in [1.29, 1.82) is 0 Å². The Hall–Kier alpha value is -1.70. The molecule has 27 heavy (non-hydrogen) atoms. The number of aryl methyl sites for hydroxylation is 1. The van der Waals surface area contributed by atoms with Crippen molar-refractivity contribution in [2.75, 3.05) is 13.1 Å². The number of carbonyl (C=O) groups excluding carboxylic acids is 1. The maximum absolute atomic E-state index is 12.8. The van der Waals surface area contributed by atoms with Crippen molar-refractivity contribution in [3.05, 3.63) is 64.1 Å². The molecule has 5 nitrogen and oxygen atoms in total. The minimum Gasteiger partial charge on any atom is -0.348 e. The summed E-state index contributed by atoms with van der Waals surface area (Å²) in [5.74, 6) is -0.278. The number of halogens is 1. The van der Waals surface area contributed by atoms with E-state index in [1.807, 2.05) is 18.2 Å². The van der Waals surface area contributed by atoms with Gasteiger partial charge in [-0.1, -0.05) is 47.1 Å². The number of sulfonamides is 1. The first-order valence-corrected chi connectivity index (χ1v) is 11.3. The van der Waals surface area contributed by atoms with E-state index < -0.39 is 10.0 Å². The molecule has 0 radical (unpaired) electrons. The fourth-order valence-electron chi connectivity index (χ4n) is 3.43. The molecule has 0 spiro atoms. The predicted molar refractivity (Wildman–Crippen MR) is 109 cm³/mol. The Kier molecular flexibility index (Phi) is 6.34. The molecular formula is C20H23BrN2O3S. The molecule has 1 amide bonds. The van der Waals surface area contributed by atoms with Crippen molar-refractivity contribution in [3.8, 4) is 0 Å². The molecule has 2 aromatic carbocycles. The van der Waals surface area contributed by atoms with Crippen LogP contribution in [0.5, 0.6) is 0 Å². The van der Waals surface area contributed by atoms with Gasteiger partial charge in [-0.05, 0) is 54.7 Å². The van der Waals surface area contributed by atoms with Gasteiger partial charge in [0.05, 0.1) is 17.5 Å². The quantitative estimate of drug-likeness (QED) is 0.729. The zero-order chi connectivity index (χ0) is 19.4. The molecule has 1 N–H and O–H groups in total. The first-order chi connectivity index (χ1) is 12.9. The fourth-order valence-corrected chi connectivity index (χ4v) is 5.10. The van der Waals surface area contributed by atoms with E-state index >= 15 is 0 Å². The molecule has 0 bridgehead atoms. The maximum atomic E-state index is 12.8. The molecule has 0 unspecified atom stereocenters. The number of carbonyl (C=O) groups is 1. The van der Waals surface area contributed by atoms with Gasteiger partial charge in [0.1, 0.15) is 0 Å². The summed E-state index contributed by atoms with van der Waals surface area (Å²) in [5, 5.41) is 3.02.